The Morgan fingerprint density at radius 2 is 1.93 bits per heavy atom. The maximum atomic E-state index is 15.3. The van der Waals surface area contributed by atoms with Crippen LogP contribution in [0.5, 0.6) is 0 Å². The Hall–Kier alpha value is -2.41. The Labute approximate surface area is 247 Å². The summed E-state index contributed by atoms with van der Waals surface area (Å²) >= 11 is 7.90. The number of thiol groups is 2. The van der Waals surface area contributed by atoms with E-state index in [0.29, 0.717) is 17.0 Å². The summed E-state index contributed by atoms with van der Waals surface area (Å²) in [6.07, 6.45) is -2.80. The molecule has 5 heterocycles. The molecule has 3 N–H and O–H groups in total. The smallest absolute Gasteiger partial charge is 0.369 e. The molecule has 1 saturated heterocycles. The number of ether oxygens (including phenoxy) is 1. The van der Waals surface area contributed by atoms with Crippen LogP contribution in [0.4, 0.5) is 10.3 Å². The molecule has 4 aromatic rings. The van der Waals surface area contributed by atoms with Crippen LogP contribution in [-0.4, -0.2) is 71.1 Å². The lowest BCUT2D eigenvalue weighted by Crippen LogP contribution is -2.29. The fourth-order valence-corrected chi connectivity index (χ4v) is 6.31. The third-order valence-corrected chi connectivity index (χ3v) is 9.62. The van der Waals surface area contributed by atoms with E-state index < -0.39 is 50.4 Å². The predicted molar refractivity (Wildman–Crippen MR) is 153 cm³/mol. The van der Waals surface area contributed by atoms with Gasteiger partial charge in [-0.3, -0.25) is 27.9 Å². The molecule has 1 aliphatic heterocycles. The van der Waals surface area contributed by atoms with Gasteiger partial charge in [0.1, 0.15) is 29.9 Å². The van der Waals surface area contributed by atoms with E-state index in [1.165, 1.54) is 31.1 Å². The van der Waals surface area contributed by atoms with Crippen molar-refractivity contribution in [3.8, 4) is 0 Å². The first-order valence-corrected chi connectivity index (χ1v) is 17.6. The van der Waals surface area contributed by atoms with E-state index in [0.717, 1.165) is 0 Å². The molecule has 1 aliphatic rings. The number of nitrogens with one attached hydrogen (secondary N) is 1. The van der Waals surface area contributed by atoms with E-state index in [2.05, 4.69) is 54.4 Å². The minimum atomic E-state index is -4.29. The molecule has 17 nitrogen and oxygen atoms in total. The topological polar surface area (TPSA) is 213 Å². The van der Waals surface area contributed by atoms with Gasteiger partial charge in [-0.05, 0) is 13.8 Å². The van der Waals surface area contributed by atoms with Crippen LogP contribution in [0.2, 0.25) is 0 Å². The second-order valence-corrected chi connectivity index (χ2v) is 15.0. The van der Waals surface area contributed by atoms with Gasteiger partial charge in [-0.2, -0.15) is 4.98 Å². The molecule has 0 spiro atoms. The van der Waals surface area contributed by atoms with Gasteiger partial charge >= 0.3 is 13.6 Å². The number of aryl methyl sites for hydroxylation is 1. The molecule has 3 unspecified atom stereocenters. The van der Waals surface area contributed by atoms with Crippen LogP contribution < -0.4 is 11.3 Å². The van der Waals surface area contributed by atoms with E-state index >= 15 is 4.39 Å². The van der Waals surface area contributed by atoms with Crippen LogP contribution in [-0.2, 0) is 45.1 Å². The first-order valence-electron chi connectivity index (χ1n) is 12.2. The Bertz CT molecular complexity index is 1790. The van der Waals surface area contributed by atoms with Gasteiger partial charge < -0.3 is 19.6 Å². The summed E-state index contributed by atoms with van der Waals surface area (Å²) in [7, 11) is 1.20. The van der Waals surface area contributed by atoms with E-state index in [9.17, 15) is 13.9 Å². The number of anilines is 1. The maximum absolute atomic E-state index is 15.3. The van der Waals surface area contributed by atoms with Crippen molar-refractivity contribution in [2.45, 2.75) is 51.6 Å². The number of imidazole rings is 2. The van der Waals surface area contributed by atoms with Crippen LogP contribution >= 0.6 is 38.1 Å². The zero-order valence-electron chi connectivity index (χ0n) is 22.2. The van der Waals surface area contributed by atoms with Crippen molar-refractivity contribution in [3.05, 3.63) is 34.5 Å². The minimum absolute atomic E-state index is 0.0117. The van der Waals surface area contributed by atoms with Gasteiger partial charge in [-0.1, -0.05) is 24.5 Å². The largest absolute Gasteiger partial charge is 0.387 e. The number of fused-ring (bicyclic) bond motifs is 2. The zero-order valence-corrected chi connectivity index (χ0v) is 25.8. The van der Waals surface area contributed by atoms with Gasteiger partial charge in [0.15, 0.2) is 29.2 Å². The molecule has 1 fully saturated rings. The molecule has 42 heavy (non-hydrogen) atoms. The lowest BCUT2D eigenvalue weighted by molar-refractivity contribution is -0.0251. The summed E-state index contributed by atoms with van der Waals surface area (Å²) in [5, 5.41) is 0. The summed E-state index contributed by atoms with van der Waals surface area (Å²) in [6, 6.07) is 0. The predicted octanol–water partition coefficient (Wildman–Crippen LogP) is 2.75. The quantitative estimate of drug-likeness (QED) is 0.134. The normalized spacial score (nSPS) is 23.9. The number of alkyl halides is 1. The highest BCUT2D eigenvalue weighted by Gasteiger charge is 2.48. The summed E-state index contributed by atoms with van der Waals surface area (Å²) in [4.78, 5) is 35.5. The number of nitrogen functional groups attached to an aromatic ring is 1. The second kappa shape index (κ2) is 11.9. The summed E-state index contributed by atoms with van der Waals surface area (Å²) in [5.41, 5.74) is 5.81. The Morgan fingerprint density at radius 3 is 2.67 bits per heavy atom. The zero-order chi connectivity index (χ0) is 30.4. The number of hydrogen-bond donors (Lipinski definition) is 4. The SMILES string of the molecule is COP(=O)(S)OCCn1c(COP(=O)(S)O[C@@H]2[C@H](F)C(C)O[C@H]2n2cnc3c(=O)[nH]c(N)nc32)nc2cnc(C)nc21. The molecular formula is C20H26FN9O8P2S2. The van der Waals surface area contributed by atoms with Crippen molar-refractivity contribution in [3.63, 3.8) is 0 Å². The molecule has 0 aromatic carbocycles. The van der Waals surface area contributed by atoms with Crippen molar-refractivity contribution >= 4 is 66.4 Å². The molecular weight excluding hydrogens is 639 g/mol. The summed E-state index contributed by atoms with van der Waals surface area (Å²) < 4.78 is 70.2. The van der Waals surface area contributed by atoms with Gasteiger partial charge in [-0.15, -0.1) is 0 Å². The molecule has 22 heteroatoms. The first kappa shape index (κ1) is 31.0. The van der Waals surface area contributed by atoms with Crippen molar-refractivity contribution in [1.29, 1.82) is 0 Å². The van der Waals surface area contributed by atoms with Crippen LogP contribution in [0.3, 0.4) is 0 Å². The van der Waals surface area contributed by atoms with Crippen molar-refractivity contribution in [2.75, 3.05) is 19.5 Å². The molecule has 0 radical (unpaired) electrons. The molecule has 0 aliphatic carbocycles. The first-order chi connectivity index (χ1) is 19.8. The third-order valence-electron chi connectivity index (χ3n) is 6.22. The van der Waals surface area contributed by atoms with Gasteiger partial charge in [0.2, 0.25) is 5.95 Å². The van der Waals surface area contributed by atoms with Crippen molar-refractivity contribution in [1.82, 2.24) is 39.0 Å². The highest BCUT2D eigenvalue weighted by molar-refractivity contribution is 8.44. The Morgan fingerprint density at radius 1 is 1.17 bits per heavy atom. The molecule has 4 aromatic heterocycles. The number of nitrogens with two attached hydrogens (primary N) is 1. The van der Waals surface area contributed by atoms with Crippen molar-refractivity contribution in [2.24, 2.45) is 0 Å². The Balaban J connectivity index is 1.37. The van der Waals surface area contributed by atoms with Crippen LogP contribution in [0.15, 0.2) is 17.3 Å². The molecule has 5 rings (SSSR count). The number of halogens is 1. The highest BCUT2D eigenvalue weighted by atomic mass is 32.7. The maximum Gasteiger partial charge on any atom is 0.387 e. The average molecular weight is 666 g/mol. The number of aromatic nitrogens is 8. The molecule has 6 atom stereocenters. The average Bonchev–Trinajstić information content (AvgIpc) is 3.57. The fraction of sp³-hybridized carbons (Fsp3) is 0.500. The second-order valence-electron chi connectivity index (χ2n) is 9.05. The number of hydrogen-bond acceptors (Lipinski definition) is 14. The monoisotopic (exact) mass is 665 g/mol. The van der Waals surface area contributed by atoms with Crippen molar-refractivity contribution < 1.29 is 36.4 Å². The van der Waals surface area contributed by atoms with Crippen LogP contribution in [0.1, 0.15) is 24.8 Å². The summed E-state index contributed by atoms with van der Waals surface area (Å²) in [5.74, 6) is 0.490. The Kier molecular flexibility index (Phi) is 8.82. The van der Waals surface area contributed by atoms with Gasteiger partial charge in [0.25, 0.3) is 5.56 Å². The van der Waals surface area contributed by atoms with Crippen LogP contribution in [0.25, 0.3) is 22.3 Å². The standard InChI is InChI=1S/C20H26FN9O8P2S2/c1-9-13(21)15(19(37-9)30-8-24-14-17(30)27-20(22)28-18(14)31)38-40(33,42)36-7-12-26-11-6-23-10(2)25-16(11)29(12)4-5-35-39(32,41)34-3/h6,8-9,13,15,19H,4-5,7H2,1-3H3,(H,32,41)(H,33,42)(H3,22,27,28,31)/t9?,13-,15-,19-,39?,40?/m1/s1. The van der Waals surface area contributed by atoms with Crippen LogP contribution in [0, 0.1) is 6.92 Å². The van der Waals surface area contributed by atoms with E-state index in [-0.39, 0.29) is 36.1 Å². The van der Waals surface area contributed by atoms with Gasteiger partial charge in [-0.25, -0.2) is 33.5 Å². The van der Waals surface area contributed by atoms with E-state index in [1.807, 2.05) is 0 Å². The van der Waals surface area contributed by atoms with Gasteiger partial charge in [0, 0.05) is 13.7 Å². The number of rotatable bonds is 11. The fourth-order valence-electron chi connectivity index (χ4n) is 4.28. The molecule has 0 saturated carbocycles. The minimum Gasteiger partial charge on any atom is -0.369 e. The highest BCUT2D eigenvalue weighted by Crippen LogP contribution is 2.57. The van der Waals surface area contributed by atoms with E-state index in [4.69, 9.17) is 28.6 Å². The number of aromatic amines is 1. The molecule has 0 bridgehead atoms. The summed E-state index contributed by atoms with van der Waals surface area (Å²) in [6.45, 7) is -5.13. The lowest BCUT2D eigenvalue weighted by Gasteiger charge is -2.24. The lowest BCUT2D eigenvalue weighted by atomic mass is 10.2. The number of H-pyrrole nitrogens is 1. The molecule has 228 valence electrons. The number of nitrogens with zero attached hydrogens (tertiary/aromatic N) is 7. The van der Waals surface area contributed by atoms with E-state index in [1.54, 1.807) is 11.5 Å². The van der Waals surface area contributed by atoms with Gasteiger partial charge in [0.05, 0.1) is 25.2 Å². The third kappa shape index (κ3) is 6.41. The molecule has 0 amide bonds.